The van der Waals surface area contributed by atoms with Crippen molar-refractivity contribution in [3.63, 3.8) is 0 Å². The van der Waals surface area contributed by atoms with Crippen molar-refractivity contribution in [3.8, 4) is 5.75 Å². The first-order chi connectivity index (χ1) is 14.4. The van der Waals surface area contributed by atoms with Crippen LogP contribution in [0.2, 0.25) is 0 Å². The van der Waals surface area contributed by atoms with Crippen LogP contribution >= 0.6 is 24.0 Å². The van der Waals surface area contributed by atoms with Gasteiger partial charge in [-0.25, -0.2) is 0 Å². The highest BCUT2D eigenvalue weighted by Gasteiger charge is 2.28. The third-order valence-corrected chi connectivity index (χ3v) is 4.59. The van der Waals surface area contributed by atoms with Crippen molar-refractivity contribution in [1.29, 1.82) is 0 Å². The Bertz CT molecular complexity index is 860. The summed E-state index contributed by atoms with van der Waals surface area (Å²) >= 11 is 0. The Balaban J connectivity index is 0.00000341. The van der Waals surface area contributed by atoms with Crippen LogP contribution in [0.1, 0.15) is 11.1 Å². The second-order valence-electron chi connectivity index (χ2n) is 6.87. The minimum Gasteiger partial charge on any atom is -0.484 e. The molecular formula is C22H26F3IN4O. The monoisotopic (exact) mass is 546 g/mol. The van der Waals surface area contributed by atoms with Crippen LogP contribution in [0.4, 0.5) is 18.9 Å². The van der Waals surface area contributed by atoms with Gasteiger partial charge in [-0.05, 0) is 35.4 Å². The smallest absolute Gasteiger partial charge is 0.422 e. The fraction of sp³-hybridized carbons (Fsp3) is 0.318. The van der Waals surface area contributed by atoms with Crippen LogP contribution in [0.25, 0.3) is 0 Å². The van der Waals surface area contributed by atoms with Crippen molar-refractivity contribution < 1.29 is 17.9 Å². The number of hydrogen-bond donors (Lipinski definition) is 2. The second-order valence-corrected chi connectivity index (χ2v) is 6.87. The number of guanidine groups is 1. The molecule has 2 N–H and O–H groups in total. The Labute approximate surface area is 197 Å². The third-order valence-electron chi connectivity index (χ3n) is 4.59. The van der Waals surface area contributed by atoms with Crippen LogP contribution in [0.5, 0.6) is 5.75 Å². The summed E-state index contributed by atoms with van der Waals surface area (Å²) in [5.41, 5.74) is 3.25. The molecule has 0 saturated heterocycles. The average molecular weight is 546 g/mol. The summed E-state index contributed by atoms with van der Waals surface area (Å²) in [6.07, 6.45) is -0.0213. The minimum atomic E-state index is -4.34. The Morgan fingerprint density at radius 3 is 1.94 bits per heavy atom. The maximum atomic E-state index is 12.2. The van der Waals surface area contributed by atoms with Gasteiger partial charge in [-0.1, -0.05) is 36.4 Å². The Hall–Kier alpha value is -2.43. The van der Waals surface area contributed by atoms with Crippen LogP contribution in [0.3, 0.4) is 0 Å². The van der Waals surface area contributed by atoms with Gasteiger partial charge in [-0.3, -0.25) is 4.99 Å². The molecule has 5 nitrogen and oxygen atoms in total. The summed E-state index contributed by atoms with van der Waals surface area (Å²) < 4.78 is 41.3. The van der Waals surface area contributed by atoms with Crippen LogP contribution in [0.15, 0.2) is 65.7 Å². The van der Waals surface area contributed by atoms with E-state index in [4.69, 9.17) is 4.74 Å². The van der Waals surface area contributed by atoms with Gasteiger partial charge in [-0.15, -0.1) is 24.0 Å². The summed E-state index contributed by atoms with van der Waals surface area (Å²) in [4.78, 5) is 6.49. The highest BCUT2D eigenvalue weighted by atomic mass is 127. The summed E-state index contributed by atoms with van der Waals surface area (Å²) in [7, 11) is 1.69. The maximum absolute atomic E-state index is 12.2. The highest BCUT2D eigenvalue weighted by molar-refractivity contribution is 14.0. The van der Waals surface area contributed by atoms with E-state index >= 15 is 0 Å². The number of benzene rings is 2. The fourth-order valence-electron chi connectivity index (χ4n) is 2.97. The van der Waals surface area contributed by atoms with Crippen molar-refractivity contribution in [3.05, 3.63) is 71.8 Å². The topological polar surface area (TPSA) is 48.9 Å². The van der Waals surface area contributed by atoms with Crippen molar-refractivity contribution in [1.82, 2.24) is 10.6 Å². The number of aliphatic imine (C=N–C) groups is 1. The average Bonchev–Trinajstić information content (AvgIpc) is 3.28. The highest BCUT2D eigenvalue weighted by Crippen LogP contribution is 2.19. The molecule has 0 aliphatic carbocycles. The normalized spacial score (nSPS) is 13.7. The Morgan fingerprint density at radius 2 is 1.45 bits per heavy atom. The molecule has 0 fully saturated rings. The lowest BCUT2D eigenvalue weighted by atomic mass is 10.2. The van der Waals surface area contributed by atoms with Crippen molar-refractivity contribution in [2.75, 3.05) is 31.6 Å². The number of hydrogen-bond acceptors (Lipinski definition) is 3. The number of ether oxygens (including phenoxy) is 1. The lowest BCUT2D eigenvalue weighted by molar-refractivity contribution is -0.153. The molecule has 0 radical (unpaired) electrons. The molecule has 1 aliphatic rings. The molecule has 0 bridgehead atoms. The first kappa shape index (κ1) is 24.8. The largest absolute Gasteiger partial charge is 0.484 e. The number of rotatable bonds is 7. The van der Waals surface area contributed by atoms with E-state index in [9.17, 15) is 13.2 Å². The predicted molar refractivity (Wildman–Crippen MR) is 128 cm³/mol. The van der Waals surface area contributed by atoms with E-state index in [-0.39, 0.29) is 29.7 Å². The maximum Gasteiger partial charge on any atom is 0.422 e. The van der Waals surface area contributed by atoms with E-state index in [0.717, 1.165) is 24.2 Å². The first-order valence-electron chi connectivity index (χ1n) is 9.65. The summed E-state index contributed by atoms with van der Waals surface area (Å²) in [6.45, 7) is 1.72. The van der Waals surface area contributed by atoms with Crippen molar-refractivity contribution >= 4 is 35.6 Å². The number of halogens is 4. The van der Waals surface area contributed by atoms with Crippen molar-refractivity contribution in [2.24, 2.45) is 4.99 Å². The molecule has 0 unspecified atom stereocenters. The number of alkyl halides is 3. The molecule has 0 aromatic heterocycles. The minimum absolute atomic E-state index is 0. The zero-order valence-electron chi connectivity index (χ0n) is 17.2. The fourth-order valence-corrected chi connectivity index (χ4v) is 2.97. The van der Waals surface area contributed by atoms with E-state index in [1.807, 2.05) is 0 Å². The molecule has 2 aromatic carbocycles. The van der Waals surface area contributed by atoms with Crippen LogP contribution < -0.4 is 20.3 Å². The van der Waals surface area contributed by atoms with Gasteiger partial charge in [0.2, 0.25) is 0 Å². The van der Waals surface area contributed by atoms with Crippen molar-refractivity contribution in [2.45, 2.75) is 19.3 Å². The summed E-state index contributed by atoms with van der Waals surface area (Å²) in [5.74, 6) is 0.826. The second kappa shape index (κ2) is 11.8. The quantitative estimate of drug-likeness (QED) is 0.233. The third kappa shape index (κ3) is 8.31. The number of anilines is 1. The zero-order chi connectivity index (χ0) is 21.4. The van der Waals surface area contributed by atoms with Crippen LogP contribution in [-0.4, -0.2) is 38.9 Å². The molecule has 3 rings (SSSR count). The molecule has 0 atom stereocenters. The molecular weight excluding hydrogens is 520 g/mol. The first-order valence-corrected chi connectivity index (χ1v) is 9.65. The molecule has 2 aromatic rings. The van der Waals surface area contributed by atoms with E-state index in [0.29, 0.717) is 19.0 Å². The number of nitrogens with zero attached hydrogens (tertiary/aromatic N) is 2. The van der Waals surface area contributed by atoms with E-state index in [1.165, 1.54) is 17.8 Å². The molecule has 9 heteroatoms. The van der Waals surface area contributed by atoms with E-state index in [1.54, 1.807) is 19.2 Å². The van der Waals surface area contributed by atoms with E-state index < -0.39 is 12.8 Å². The standard InChI is InChI=1S/C22H25F3N4O.HI/c1-26-21(27-14-17-4-8-19(9-5-17)29-12-2-3-13-29)28-15-18-6-10-20(11-7-18)30-16-22(23,24)25;/h2-11H,12-16H2,1H3,(H2,26,27,28);1H. The molecule has 0 spiro atoms. The van der Waals surface area contributed by atoms with Gasteiger partial charge >= 0.3 is 6.18 Å². The molecule has 0 amide bonds. The molecule has 1 aliphatic heterocycles. The lowest BCUT2D eigenvalue weighted by Gasteiger charge is -2.18. The van der Waals surface area contributed by atoms with Gasteiger partial charge in [0.15, 0.2) is 12.6 Å². The van der Waals surface area contributed by atoms with Gasteiger partial charge in [0, 0.05) is 38.9 Å². The van der Waals surface area contributed by atoms with Gasteiger partial charge in [0.1, 0.15) is 5.75 Å². The van der Waals surface area contributed by atoms with E-state index in [2.05, 4.69) is 56.9 Å². The van der Waals surface area contributed by atoms with Gasteiger partial charge in [0.25, 0.3) is 0 Å². The Morgan fingerprint density at radius 1 is 0.935 bits per heavy atom. The molecule has 1 heterocycles. The molecule has 0 saturated carbocycles. The summed E-state index contributed by atoms with van der Waals surface area (Å²) in [6, 6.07) is 14.9. The molecule has 31 heavy (non-hydrogen) atoms. The van der Waals surface area contributed by atoms with Gasteiger partial charge in [-0.2, -0.15) is 13.2 Å². The summed E-state index contributed by atoms with van der Waals surface area (Å²) in [5, 5.41) is 6.45. The Kier molecular flexibility index (Phi) is 9.47. The number of nitrogens with one attached hydrogen (secondary N) is 2. The lowest BCUT2D eigenvalue weighted by Crippen LogP contribution is -2.36. The predicted octanol–water partition coefficient (Wildman–Crippen LogP) is 4.49. The zero-order valence-corrected chi connectivity index (χ0v) is 19.5. The SMILES string of the molecule is CN=C(NCc1ccc(OCC(F)(F)F)cc1)NCc1ccc(N2CC=CC2)cc1.I. The van der Waals surface area contributed by atoms with Gasteiger partial charge in [0.05, 0.1) is 0 Å². The van der Waals surface area contributed by atoms with Crippen LogP contribution in [0, 0.1) is 0 Å². The van der Waals surface area contributed by atoms with Gasteiger partial charge < -0.3 is 20.3 Å². The van der Waals surface area contributed by atoms with Crippen LogP contribution in [-0.2, 0) is 13.1 Å². The molecule has 168 valence electrons.